The maximum atomic E-state index is 12.8. The van der Waals surface area contributed by atoms with E-state index >= 15 is 0 Å². The van der Waals surface area contributed by atoms with Gasteiger partial charge in [0, 0.05) is 23.1 Å². The van der Waals surface area contributed by atoms with E-state index < -0.39 is 0 Å². The Morgan fingerprint density at radius 1 is 1.12 bits per heavy atom. The molecule has 24 heavy (non-hydrogen) atoms. The van der Waals surface area contributed by atoms with Crippen molar-refractivity contribution in [1.82, 2.24) is 0 Å². The third kappa shape index (κ3) is 2.94. The van der Waals surface area contributed by atoms with Crippen molar-refractivity contribution in [1.29, 1.82) is 0 Å². The number of ether oxygens (including phenoxy) is 1. The molecule has 2 atom stereocenters. The number of anilines is 1. The summed E-state index contributed by atoms with van der Waals surface area (Å²) in [4.78, 5) is 12.8. The Morgan fingerprint density at radius 3 is 2.33 bits per heavy atom. The molecule has 2 bridgehead atoms. The van der Waals surface area contributed by atoms with Gasteiger partial charge in [0.2, 0.25) is 5.91 Å². The molecule has 1 heterocycles. The normalized spacial score (nSPS) is 31.0. The lowest BCUT2D eigenvalue weighted by Crippen LogP contribution is -2.48. The van der Waals surface area contributed by atoms with Crippen LogP contribution < -0.4 is 10.1 Å². The second-order valence-electron chi connectivity index (χ2n) is 7.13. The van der Waals surface area contributed by atoms with Crippen LogP contribution in [0.5, 0.6) is 5.75 Å². The van der Waals surface area contributed by atoms with E-state index in [0.29, 0.717) is 15.9 Å². The van der Waals surface area contributed by atoms with E-state index in [2.05, 4.69) is 28.8 Å². The molecule has 2 saturated carbocycles. The maximum Gasteiger partial charge on any atom is 0.227 e. The molecule has 3 nitrogen and oxygen atoms in total. The second-order valence-corrected chi connectivity index (χ2v) is 10.1. The fourth-order valence-corrected chi connectivity index (χ4v) is 8.68. The van der Waals surface area contributed by atoms with E-state index in [1.54, 1.807) is 7.11 Å². The molecule has 3 aliphatic rings. The van der Waals surface area contributed by atoms with Crippen LogP contribution in [0.4, 0.5) is 5.69 Å². The minimum atomic E-state index is 0.176. The van der Waals surface area contributed by atoms with Gasteiger partial charge in [0.15, 0.2) is 0 Å². The summed E-state index contributed by atoms with van der Waals surface area (Å²) in [7, 11) is 1.66. The Kier molecular flexibility index (Phi) is 4.74. The summed E-state index contributed by atoms with van der Waals surface area (Å²) >= 11 is 4.39. The summed E-state index contributed by atoms with van der Waals surface area (Å²) in [6, 6.07) is 7.63. The molecular weight excluding hydrogens is 338 g/mol. The number of hydrogen-bond donors (Lipinski definition) is 1. The van der Waals surface area contributed by atoms with Gasteiger partial charge in [-0.2, -0.15) is 0 Å². The van der Waals surface area contributed by atoms with Crippen LogP contribution in [-0.4, -0.2) is 28.6 Å². The number of benzene rings is 1. The number of hydrogen-bond acceptors (Lipinski definition) is 4. The standard InChI is InChI=1S/C19H25NO2S2/c1-22-17-7-5-16(6-8-17)20-18(21)13-11-14-3-2-4-15(12-13)19(14)23-9-10-24-19/h5-8,13-15H,2-4,9-12H2,1H3,(H,20,21)/t14-,15-/m1/s1. The van der Waals surface area contributed by atoms with E-state index in [4.69, 9.17) is 4.74 Å². The lowest BCUT2D eigenvalue weighted by Gasteiger charge is -2.52. The van der Waals surface area contributed by atoms with Gasteiger partial charge in [-0.25, -0.2) is 0 Å². The van der Waals surface area contributed by atoms with Crippen LogP contribution >= 0.6 is 23.5 Å². The van der Waals surface area contributed by atoms with Crippen LogP contribution in [-0.2, 0) is 4.79 Å². The number of amides is 1. The van der Waals surface area contributed by atoms with E-state index in [0.717, 1.165) is 24.3 Å². The summed E-state index contributed by atoms with van der Waals surface area (Å²) < 4.78 is 5.62. The highest BCUT2D eigenvalue weighted by Crippen LogP contribution is 2.64. The third-order valence-corrected chi connectivity index (χ3v) is 9.87. The Hall–Kier alpha value is -0.810. The molecule has 1 spiro atoms. The molecule has 2 aliphatic carbocycles. The molecule has 3 fully saturated rings. The first kappa shape index (κ1) is 16.6. The predicted molar refractivity (Wildman–Crippen MR) is 103 cm³/mol. The van der Waals surface area contributed by atoms with Crippen molar-refractivity contribution in [3.8, 4) is 5.75 Å². The first-order chi connectivity index (χ1) is 11.7. The highest BCUT2D eigenvalue weighted by atomic mass is 32.2. The average molecular weight is 364 g/mol. The maximum absolute atomic E-state index is 12.8. The van der Waals surface area contributed by atoms with E-state index in [-0.39, 0.29) is 11.8 Å². The molecule has 0 unspecified atom stereocenters. The van der Waals surface area contributed by atoms with Gasteiger partial charge in [-0.3, -0.25) is 4.79 Å². The summed E-state index contributed by atoms with van der Waals surface area (Å²) in [5.41, 5.74) is 0.871. The summed E-state index contributed by atoms with van der Waals surface area (Å²) in [5, 5.41) is 3.12. The minimum absolute atomic E-state index is 0.176. The predicted octanol–water partition coefficient (Wildman–Crippen LogP) is 4.64. The van der Waals surface area contributed by atoms with E-state index in [9.17, 15) is 4.79 Å². The van der Waals surface area contributed by atoms with Crippen LogP contribution in [0.1, 0.15) is 32.1 Å². The van der Waals surface area contributed by atoms with Crippen LogP contribution in [0.2, 0.25) is 0 Å². The van der Waals surface area contributed by atoms with Gasteiger partial charge in [0.1, 0.15) is 5.75 Å². The largest absolute Gasteiger partial charge is 0.497 e. The lowest BCUT2D eigenvalue weighted by atomic mass is 9.67. The van der Waals surface area contributed by atoms with E-state index in [1.165, 1.54) is 30.8 Å². The zero-order chi connectivity index (χ0) is 16.6. The van der Waals surface area contributed by atoms with Gasteiger partial charge in [-0.05, 0) is 61.8 Å². The lowest BCUT2D eigenvalue weighted by molar-refractivity contribution is -0.122. The zero-order valence-electron chi connectivity index (χ0n) is 14.1. The molecule has 5 heteroatoms. The smallest absolute Gasteiger partial charge is 0.227 e. The fourth-order valence-electron chi connectivity index (χ4n) is 4.74. The number of methoxy groups -OCH3 is 1. The van der Waals surface area contributed by atoms with Crippen molar-refractivity contribution in [2.24, 2.45) is 17.8 Å². The van der Waals surface area contributed by atoms with Crippen molar-refractivity contribution < 1.29 is 9.53 Å². The van der Waals surface area contributed by atoms with Gasteiger partial charge in [0.05, 0.1) is 11.2 Å². The van der Waals surface area contributed by atoms with Gasteiger partial charge in [-0.15, -0.1) is 23.5 Å². The van der Waals surface area contributed by atoms with Crippen LogP contribution in [0, 0.1) is 17.8 Å². The van der Waals surface area contributed by atoms with Crippen molar-refractivity contribution in [3.05, 3.63) is 24.3 Å². The molecule has 1 aromatic carbocycles. The molecule has 0 aromatic heterocycles. The number of rotatable bonds is 3. The monoisotopic (exact) mass is 363 g/mol. The van der Waals surface area contributed by atoms with Gasteiger partial charge in [0.25, 0.3) is 0 Å². The zero-order valence-corrected chi connectivity index (χ0v) is 15.8. The minimum Gasteiger partial charge on any atom is -0.497 e. The van der Waals surface area contributed by atoms with E-state index in [1.807, 2.05) is 24.3 Å². The molecule has 0 radical (unpaired) electrons. The van der Waals surface area contributed by atoms with Crippen LogP contribution in [0.25, 0.3) is 0 Å². The molecule has 130 valence electrons. The Labute approximate surface area is 152 Å². The molecule has 1 amide bonds. The van der Waals surface area contributed by atoms with Crippen molar-refractivity contribution >= 4 is 35.1 Å². The fraction of sp³-hybridized carbons (Fsp3) is 0.632. The number of carbonyl (C=O) groups excluding carboxylic acids is 1. The summed E-state index contributed by atoms with van der Waals surface area (Å²) in [6.07, 6.45) is 6.10. The van der Waals surface area contributed by atoms with Crippen LogP contribution in [0.3, 0.4) is 0 Å². The van der Waals surface area contributed by atoms with Crippen LogP contribution in [0.15, 0.2) is 24.3 Å². The number of thioether (sulfide) groups is 2. The topological polar surface area (TPSA) is 38.3 Å². The highest BCUT2D eigenvalue weighted by Gasteiger charge is 2.55. The van der Waals surface area contributed by atoms with Gasteiger partial charge >= 0.3 is 0 Å². The molecular formula is C19H25NO2S2. The summed E-state index contributed by atoms with van der Waals surface area (Å²) in [5.74, 6) is 5.22. The Bertz CT molecular complexity index is 582. The summed E-state index contributed by atoms with van der Waals surface area (Å²) in [6.45, 7) is 0. The second kappa shape index (κ2) is 6.83. The highest BCUT2D eigenvalue weighted by molar-refractivity contribution is 8.21. The van der Waals surface area contributed by atoms with Gasteiger partial charge in [-0.1, -0.05) is 6.42 Å². The van der Waals surface area contributed by atoms with Crippen molar-refractivity contribution in [3.63, 3.8) is 0 Å². The van der Waals surface area contributed by atoms with Gasteiger partial charge < -0.3 is 10.1 Å². The van der Waals surface area contributed by atoms with Crippen molar-refractivity contribution in [2.75, 3.05) is 23.9 Å². The number of carbonyl (C=O) groups is 1. The third-order valence-electron chi connectivity index (χ3n) is 5.85. The Balaban J connectivity index is 1.44. The first-order valence-electron chi connectivity index (χ1n) is 8.94. The molecule has 4 rings (SSSR count). The first-order valence-corrected chi connectivity index (χ1v) is 10.9. The SMILES string of the molecule is COc1ccc(NC(=O)C2C[C@H]3CCC[C@H](C2)C32SCCS2)cc1. The molecule has 1 N–H and O–H groups in total. The number of nitrogens with one attached hydrogen (secondary N) is 1. The molecule has 1 aliphatic heterocycles. The molecule has 1 saturated heterocycles. The quantitative estimate of drug-likeness (QED) is 0.849. The Morgan fingerprint density at radius 2 is 1.75 bits per heavy atom. The van der Waals surface area contributed by atoms with Crippen molar-refractivity contribution in [2.45, 2.75) is 36.2 Å². The average Bonchev–Trinajstić information content (AvgIpc) is 3.05. The molecule has 1 aromatic rings.